The Kier molecular flexibility index (Phi) is 2.37. The summed E-state index contributed by atoms with van der Waals surface area (Å²) in [5, 5.41) is 0. The monoisotopic (exact) mass is 169 g/mol. The normalized spacial score (nSPS) is 32.8. The predicted molar refractivity (Wildman–Crippen MR) is 49.2 cm³/mol. The van der Waals surface area contributed by atoms with E-state index in [1.165, 1.54) is 19.4 Å². The summed E-state index contributed by atoms with van der Waals surface area (Å²) in [5.41, 5.74) is 0. The lowest BCUT2D eigenvalue weighted by Gasteiger charge is -2.35. The molecule has 2 aliphatic rings. The largest absolute Gasteiger partial charge is 0.375 e. The van der Waals surface area contributed by atoms with Crippen molar-refractivity contribution in [3.63, 3.8) is 0 Å². The highest BCUT2D eigenvalue weighted by Crippen LogP contribution is 2.35. The fourth-order valence-corrected chi connectivity index (χ4v) is 1.92. The topological polar surface area (TPSA) is 12.5 Å². The number of hydrogen-bond acceptors (Lipinski definition) is 2. The molecule has 0 spiro atoms. The molecular weight excluding hydrogens is 150 g/mol. The lowest BCUT2D eigenvalue weighted by molar-refractivity contribution is -0.0485. The third-order valence-corrected chi connectivity index (χ3v) is 3.00. The second-order valence-corrected chi connectivity index (χ2v) is 4.34. The van der Waals surface area contributed by atoms with Gasteiger partial charge in [0.2, 0.25) is 0 Å². The van der Waals surface area contributed by atoms with E-state index in [0.717, 1.165) is 19.1 Å². The van der Waals surface area contributed by atoms with Gasteiger partial charge in [0.25, 0.3) is 0 Å². The number of ether oxygens (including phenoxy) is 1. The fraction of sp³-hybridized carbons (Fsp3) is 1.00. The molecule has 1 heterocycles. The van der Waals surface area contributed by atoms with E-state index in [2.05, 4.69) is 18.7 Å². The molecule has 2 fully saturated rings. The van der Waals surface area contributed by atoms with E-state index in [9.17, 15) is 0 Å². The van der Waals surface area contributed by atoms with Crippen molar-refractivity contribution in [3.05, 3.63) is 0 Å². The minimum absolute atomic E-state index is 0.557. The molecule has 1 aliphatic heterocycles. The molecule has 1 saturated carbocycles. The van der Waals surface area contributed by atoms with Crippen LogP contribution >= 0.6 is 0 Å². The van der Waals surface area contributed by atoms with Crippen LogP contribution in [0.2, 0.25) is 0 Å². The summed E-state index contributed by atoms with van der Waals surface area (Å²) in [7, 11) is 0. The fourth-order valence-electron chi connectivity index (χ4n) is 1.92. The molecule has 1 saturated heterocycles. The summed E-state index contributed by atoms with van der Waals surface area (Å²) in [4.78, 5) is 2.53. The lowest BCUT2D eigenvalue weighted by atomic mass is 10.1. The lowest BCUT2D eigenvalue weighted by Crippen LogP contribution is -2.46. The predicted octanol–water partition coefficient (Wildman–Crippen LogP) is 1.51. The van der Waals surface area contributed by atoms with Gasteiger partial charge in [0, 0.05) is 19.1 Å². The maximum absolute atomic E-state index is 5.74. The second-order valence-electron chi connectivity index (χ2n) is 4.34. The van der Waals surface area contributed by atoms with E-state index < -0.39 is 0 Å². The first-order valence-corrected chi connectivity index (χ1v) is 5.13. The maximum atomic E-state index is 5.74. The Morgan fingerprint density at radius 2 is 2.08 bits per heavy atom. The maximum Gasteiger partial charge on any atom is 0.0730 e. The van der Waals surface area contributed by atoms with Crippen LogP contribution in [0.25, 0.3) is 0 Å². The molecule has 70 valence electrons. The van der Waals surface area contributed by atoms with E-state index in [4.69, 9.17) is 4.74 Å². The summed E-state index contributed by atoms with van der Waals surface area (Å²) in [6, 6.07) is 0.690. The van der Waals surface area contributed by atoms with Gasteiger partial charge < -0.3 is 4.74 Å². The Morgan fingerprint density at radius 3 is 2.67 bits per heavy atom. The molecule has 1 unspecified atom stereocenters. The van der Waals surface area contributed by atoms with Gasteiger partial charge in [0.05, 0.1) is 12.7 Å². The Balaban J connectivity index is 1.85. The van der Waals surface area contributed by atoms with Crippen LogP contribution in [-0.2, 0) is 4.74 Å². The smallest absolute Gasteiger partial charge is 0.0730 e. The van der Waals surface area contributed by atoms with Crippen LogP contribution in [0.1, 0.15) is 26.7 Å². The summed E-state index contributed by atoms with van der Waals surface area (Å²) in [5.74, 6) is 0.895. The third-order valence-electron chi connectivity index (χ3n) is 3.00. The minimum Gasteiger partial charge on any atom is -0.375 e. The van der Waals surface area contributed by atoms with Crippen molar-refractivity contribution in [2.45, 2.75) is 38.8 Å². The SMILES string of the molecule is CC(C)N1CCOC(C2CC2)C1. The molecule has 2 nitrogen and oxygen atoms in total. The summed E-state index contributed by atoms with van der Waals surface area (Å²) < 4.78 is 5.74. The molecule has 0 aromatic rings. The van der Waals surface area contributed by atoms with E-state index in [-0.39, 0.29) is 0 Å². The standard InChI is InChI=1S/C10H19NO/c1-8(2)11-5-6-12-10(7-11)9-3-4-9/h8-10H,3-7H2,1-2H3. The van der Waals surface area contributed by atoms with Crippen molar-refractivity contribution in [1.29, 1.82) is 0 Å². The van der Waals surface area contributed by atoms with Gasteiger partial charge in [-0.2, -0.15) is 0 Å². The third kappa shape index (κ3) is 1.80. The molecule has 0 radical (unpaired) electrons. The van der Waals surface area contributed by atoms with Crippen LogP contribution in [0.4, 0.5) is 0 Å². The number of rotatable bonds is 2. The molecule has 2 rings (SSSR count). The van der Waals surface area contributed by atoms with E-state index in [1.54, 1.807) is 0 Å². The zero-order valence-corrected chi connectivity index (χ0v) is 8.12. The van der Waals surface area contributed by atoms with Crippen molar-refractivity contribution in [1.82, 2.24) is 4.90 Å². The summed E-state index contributed by atoms with van der Waals surface area (Å²) >= 11 is 0. The van der Waals surface area contributed by atoms with Crippen molar-refractivity contribution in [2.24, 2.45) is 5.92 Å². The highest BCUT2D eigenvalue weighted by molar-refractivity contribution is 4.87. The van der Waals surface area contributed by atoms with Gasteiger partial charge in [-0.15, -0.1) is 0 Å². The first kappa shape index (κ1) is 8.52. The van der Waals surface area contributed by atoms with Crippen molar-refractivity contribution < 1.29 is 4.74 Å². The van der Waals surface area contributed by atoms with Crippen molar-refractivity contribution in [3.8, 4) is 0 Å². The molecule has 0 bridgehead atoms. The van der Waals surface area contributed by atoms with E-state index in [1.807, 2.05) is 0 Å². The van der Waals surface area contributed by atoms with Gasteiger partial charge in [-0.25, -0.2) is 0 Å². The highest BCUT2D eigenvalue weighted by Gasteiger charge is 2.35. The highest BCUT2D eigenvalue weighted by atomic mass is 16.5. The average Bonchev–Trinajstić information content (AvgIpc) is 2.87. The Hall–Kier alpha value is -0.0800. The van der Waals surface area contributed by atoms with Crippen LogP contribution in [0.3, 0.4) is 0 Å². The van der Waals surface area contributed by atoms with Crippen molar-refractivity contribution >= 4 is 0 Å². The summed E-state index contributed by atoms with van der Waals surface area (Å²) in [6.45, 7) is 7.78. The molecule has 2 heteroatoms. The Morgan fingerprint density at radius 1 is 1.33 bits per heavy atom. The van der Waals surface area contributed by atoms with E-state index in [0.29, 0.717) is 12.1 Å². The Labute approximate surface area is 74.9 Å². The molecule has 0 amide bonds. The van der Waals surface area contributed by atoms with E-state index >= 15 is 0 Å². The van der Waals surface area contributed by atoms with Gasteiger partial charge in [0.15, 0.2) is 0 Å². The first-order valence-electron chi connectivity index (χ1n) is 5.13. The molecular formula is C10H19NO. The van der Waals surface area contributed by atoms with Gasteiger partial charge in [0.1, 0.15) is 0 Å². The quantitative estimate of drug-likeness (QED) is 0.621. The van der Waals surface area contributed by atoms with Crippen LogP contribution in [0, 0.1) is 5.92 Å². The molecule has 0 aromatic heterocycles. The number of morpholine rings is 1. The van der Waals surface area contributed by atoms with Crippen LogP contribution < -0.4 is 0 Å². The average molecular weight is 169 g/mol. The zero-order valence-electron chi connectivity index (χ0n) is 8.12. The molecule has 0 N–H and O–H groups in total. The second kappa shape index (κ2) is 3.35. The molecule has 12 heavy (non-hydrogen) atoms. The molecule has 1 atom stereocenters. The first-order chi connectivity index (χ1) is 5.77. The minimum atomic E-state index is 0.557. The van der Waals surface area contributed by atoms with Gasteiger partial charge in [-0.05, 0) is 32.6 Å². The molecule has 1 aliphatic carbocycles. The van der Waals surface area contributed by atoms with Crippen LogP contribution in [-0.4, -0.2) is 36.7 Å². The van der Waals surface area contributed by atoms with Gasteiger partial charge >= 0.3 is 0 Å². The van der Waals surface area contributed by atoms with Crippen LogP contribution in [0.15, 0.2) is 0 Å². The number of nitrogens with zero attached hydrogens (tertiary/aromatic N) is 1. The van der Waals surface area contributed by atoms with Gasteiger partial charge in [-0.3, -0.25) is 4.90 Å². The Bertz CT molecular complexity index is 146. The van der Waals surface area contributed by atoms with Gasteiger partial charge in [-0.1, -0.05) is 0 Å². The van der Waals surface area contributed by atoms with Crippen LogP contribution in [0.5, 0.6) is 0 Å². The molecule has 0 aromatic carbocycles. The zero-order chi connectivity index (χ0) is 8.55. The van der Waals surface area contributed by atoms with Crippen molar-refractivity contribution in [2.75, 3.05) is 19.7 Å². The summed E-state index contributed by atoms with van der Waals surface area (Å²) in [6.07, 6.45) is 3.36. The number of hydrogen-bond donors (Lipinski definition) is 0.